The molecular weight excluding hydrogens is 1210 g/mol. The Morgan fingerprint density at radius 3 is 1.01 bits per heavy atom. The number of para-hydroxylation sites is 4. The van der Waals surface area contributed by atoms with Crippen LogP contribution in [0.1, 0.15) is 0 Å². The van der Waals surface area contributed by atoms with E-state index in [1.807, 2.05) is 0 Å². The van der Waals surface area contributed by atoms with E-state index in [0.717, 1.165) is 100 Å². The van der Waals surface area contributed by atoms with Gasteiger partial charge in [0.15, 0.2) is 11.2 Å². The lowest BCUT2D eigenvalue weighted by Gasteiger charge is -2.28. The lowest BCUT2D eigenvalue weighted by atomic mass is 9.97. The molecule has 20 aromatic rings. The van der Waals surface area contributed by atoms with Gasteiger partial charge in [-0.25, -0.2) is 0 Å². The van der Waals surface area contributed by atoms with E-state index in [1.54, 1.807) is 0 Å². The van der Waals surface area contributed by atoms with E-state index < -0.39 is 0 Å². The van der Waals surface area contributed by atoms with Gasteiger partial charge in [0, 0.05) is 54.8 Å². The fourth-order valence-electron chi connectivity index (χ4n) is 15.3. The van der Waals surface area contributed by atoms with Crippen LogP contribution >= 0.6 is 0 Å². The van der Waals surface area contributed by atoms with E-state index in [4.69, 9.17) is 8.83 Å². The van der Waals surface area contributed by atoms with Crippen LogP contribution in [0.3, 0.4) is 0 Å². The van der Waals surface area contributed by atoms with Crippen LogP contribution in [-0.4, -0.2) is 0 Å². The summed E-state index contributed by atoms with van der Waals surface area (Å²) in [4.78, 5) is 4.76. The Morgan fingerprint density at radius 1 is 0.160 bits per heavy atom. The summed E-state index contributed by atoms with van der Waals surface area (Å²) in [6.07, 6.45) is 0. The molecule has 0 N–H and O–H groups in total. The molecule has 0 spiro atoms. The van der Waals surface area contributed by atoms with E-state index in [9.17, 15) is 0 Å². The first-order valence-corrected chi connectivity index (χ1v) is 34.2. The average Bonchev–Trinajstić information content (AvgIpc) is 1.49. The van der Waals surface area contributed by atoms with E-state index >= 15 is 0 Å². The van der Waals surface area contributed by atoms with Gasteiger partial charge < -0.3 is 18.6 Å². The third kappa shape index (κ3) is 10.00. The topological polar surface area (TPSA) is 32.8 Å². The highest BCUT2D eigenvalue weighted by molar-refractivity contribution is 6.20. The van der Waals surface area contributed by atoms with Gasteiger partial charge in [-0.15, -0.1) is 0 Å². The Hall–Kier alpha value is -13.3. The lowest BCUT2D eigenvalue weighted by molar-refractivity contribution is 0.670. The number of furan rings is 2. The fraction of sp³-hybridized carbons (Fsp3) is 0. The van der Waals surface area contributed by atoms with E-state index in [2.05, 4.69) is 386 Å². The molecule has 2 heterocycles. The van der Waals surface area contributed by atoms with Crippen LogP contribution in [0.15, 0.2) is 385 Å². The highest BCUT2D eigenvalue weighted by Crippen LogP contribution is 2.50. The standard InChI is InChI=1S/2C48H31NO/c1-2-13-33(14-3-1)40-23-11-24-43-44-25-12-26-45(48(44)50-47(40)43)49(46-31-35-16-5-7-19-39(35)41-20-8-9-21-42(41)46)36-29-27-34(28-30-36)38-22-10-17-32-15-4-6-18-37(32)38;1-2-13-34(14-3-1)40-20-10-21-43-44-22-11-23-45(48(44)50-47(40)43)49(46-31-37-16-6-7-17-39(37)41-18-8-9-19-42(41)46)38-28-26-33(27-29-38)36-25-24-32-12-4-5-15-35(32)30-36/h2*1-31H. The molecule has 0 amide bonds. The molecule has 4 heteroatoms. The maximum Gasteiger partial charge on any atom is 0.159 e. The van der Waals surface area contributed by atoms with Gasteiger partial charge in [0.1, 0.15) is 11.2 Å². The Balaban J connectivity index is 0.000000139. The van der Waals surface area contributed by atoms with Gasteiger partial charge in [-0.3, -0.25) is 0 Å². The van der Waals surface area contributed by atoms with Gasteiger partial charge in [0.05, 0.1) is 22.7 Å². The van der Waals surface area contributed by atoms with Crippen LogP contribution in [-0.2, 0) is 0 Å². The minimum absolute atomic E-state index is 0.862. The van der Waals surface area contributed by atoms with Crippen molar-refractivity contribution in [2.75, 3.05) is 9.80 Å². The number of rotatable bonds is 10. The predicted molar refractivity (Wildman–Crippen MR) is 424 cm³/mol. The normalized spacial score (nSPS) is 11.6. The zero-order chi connectivity index (χ0) is 66.0. The first-order valence-electron chi connectivity index (χ1n) is 34.2. The first kappa shape index (κ1) is 58.1. The van der Waals surface area contributed by atoms with Gasteiger partial charge in [-0.1, -0.05) is 322 Å². The van der Waals surface area contributed by atoms with Crippen molar-refractivity contribution < 1.29 is 8.83 Å². The summed E-state index contributed by atoms with van der Waals surface area (Å²) in [6, 6.07) is 135. The molecule has 468 valence electrons. The van der Waals surface area contributed by atoms with Crippen LogP contribution in [0.5, 0.6) is 0 Å². The maximum atomic E-state index is 6.99. The molecular formula is C96H62N2O2. The predicted octanol–water partition coefficient (Wildman–Crippen LogP) is 27.7. The first-order chi connectivity index (χ1) is 49.6. The number of fused-ring (bicyclic) bond motifs is 14. The molecule has 0 fully saturated rings. The molecule has 0 aliphatic carbocycles. The third-order valence-corrected chi connectivity index (χ3v) is 20.1. The van der Waals surface area contributed by atoms with Gasteiger partial charge in [0.25, 0.3) is 0 Å². The van der Waals surface area contributed by atoms with Crippen molar-refractivity contribution >= 4 is 143 Å². The average molecular weight is 1280 g/mol. The molecule has 100 heavy (non-hydrogen) atoms. The summed E-state index contributed by atoms with van der Waals surface area (Å²) >= 11 is 0. The Morgan fingerprint density at radius 2 is 0.500 bits per heavy atom. The number of hydrogen-bond donors (Lipinski definition) is 0. The van der Waals surface area contributed by atoms with Crippen LogP contribution in [0.4, 0.5) is 34.1 Å². The molecule has 4 nitrogen and oxygen atoms in total. The summed E-state index contributed by atoms with van der Waals surface area (Å²) < 4.78 is 14.0. The molecule has 0 unspecified atom stereocenters. The van der Waals surface area contributed by atoms with Crippen molar-refractivity contribution in [3.63, 3.8) is 0 Å². The highest BCUT2D eigenvalue weighted by Gasteiger charge is 2.26. The van der Waals surface area contributed by atoms with Gasteiger partial charge in [-0.2, -0.15) is 0 Å². The lowest BCUT2D eigenvalue weighted by Crippen LogP contribution is -2.11. The van der Waals surface area contributed by atoms with Crippen molar-refractivity contribution in [3.05, 3.63) is 376 Å². The van der Waals surface area contributed by atoms with Crippen molar-refractivity contribution in [2.45, 2.75) is 0 Å². The summed E-state index contributed by atoms with van der Waals surface area (Å²) in [5.41, 5.74) is 19.1. The van der Waals surface area contributed by atoms with Gasteiger partial charge >= 0.3 is 0 Å². The quantitative estimate of drug-likeness (QED) is 0.128. The summed E-state index contributed by atoms with van der Waals surface area (Å²) in [5.74, 6) is 0. The second-order valence-electron chi connectivity index (χ2n) is 25.8. The molecule has 0 atom stereocenters. The van der Waals surface area contributed by atoms with E-state index in [0.29, 0.717) is 0 Å². The molecule has 18 aromatic carbocycles. The minimum Gasteiger partial charge on any atom is -0.453 e. The molecule has 0 saturated heterocycles. The van der Waals surface area contributed by atoms with E-state index in [1.165, 1.54) is 86.9 Å². The van der Waals surface area contributed by atoms with Crippen molar-refractivity contribution in [1.29, 1.82) is 0 Å². The fourth-order valence-corrected chi connectivity index (χ4v) is 15.3. The maximum absolute atomic E-state index is 6.99. The number of hydrogen-bond acceptors (Lipinski definition) is 4. The van der Waals surface area contributed by atoms with Crippen LogP contribution in [0, 0.1) is 0 Å². The molecule has 20 rings (SSSR count). The SMILES string of the molecule is c1ccc(-c2cccc3c2oc2c(N(c4ccc(-c5ccc6ccccc6c5)cc4)c4cc5ccccc5c5ccccc45)cccc23)cc1.c1ccc(-c2cccc3c2oc2c(N(c4ccc(-c5cccc6ccccc56)cc4)c4cc5ccccc5c5ccccc45)cccc23)cc1. The van der Waals surface area contributed by atoms with Crippen molar-refractivity contribution in [1.82, 2.24) is 0 Å². The number of anilines is 6. The minimum atomic E-state index is 0.862. The van der Waals surface area contributed by atoms with Crippen molar-refractivity contribution in [3.8, 4) is 44.5 Å². The zero-order valence-electron chi connectivity index (χ0n) is 54.5. The largest absolute Gasteiger partial charge is 0.453 e. The molecule has 2 aromatic heterocycles. The van der Waals surface area contributed by atoms with Gasteiger partial charge in [0.2, 0.25) is 0 Å². The van der Waals surface area contributed by atoms with Crippen molar-refractivity contribution in [2.24, 2.45) is 0 Å². The molecule has 0 aliphatic rings. The van der Waals surface area contributed by atoms with Crippen LogP contribution in [0.2, 0.25) is 0 Å². The zero-order valence-corrected chi connectivity index (χ0v) is 54.5. The summed E-state index contributed by atoms with van der Waals surface area (Å²) in [7, 11) is 0. The highest BCUT2D eigenvalue weighted by atomic mass is 16.3. The number of benzene rings is 18. The molecule has 0 aliphatic heterocycles. The second kappa shape index (κ2) is 24.4. The molecule has 0 bridgehead atoms. The Bertz CT molecular complexity index is 6520. The molecule has 0 saturated carbocycles. The Labute approximate surface area is 578 Å². The summed E-state index contributed by atoms with van der Waals surface area (Å²) in [5, 5.41) is 19.1. The van der Waals surface area contributed by atoms with Crippen LogP contribution in [0.25, 0.3) is 153 Å². The van der Waals surface area contributed by atoms with Gasteiger partial charge in [-0.05, 0) is 142 Å². The Kier molecular flexibility index (Phi) is 14.2. The second-order valence-corrected chi connectivity index (χ2v) is 25.8. The van der Waals surface area contributed by atoms with E-state index in [-0.39, 0.29) is 0 Å². The monoisotopic (exact) mass is 1270 g/mol. The van der Waals surface area contributed by atoms with Crippen LogP contribution < -0.4 is 9.80 Å². The molecule has 0 radical (unpaired) electrons. The summed E-state index contributed by atoms with van der Waals surface area (Å²) in [6.45, 7) is 0. The third-order valence-electron chi connectivity index (χ3n) is 20.1. The number of nitrogens with zero attached hydrogens (tertiary/aromatic N) is 2. The smallest absolute Gasteiger partial charge is 0.159 e.